The van der Waals surface area contributed by atoms with Crippen LogP contribution in [-0.4, -0.2) is 37.7 Å². The molecule has 0 radical (unpaired) electrons. The number of hydrogen-bond donors (Lipinski definition) is 2. The number of hydrogen-bond acceptors (Lipinski definition) is 5. The summed E-state index contributed by atoms with van der Waals surface area (Å²) < 4.78 is 10.5. The third-order valence-corrected chi connectivity index (χ3v) is 3.05. The summed E-state index contributed by atoms with van der Waals surface area (Å²) >= 11 is 0. The summed E-state index contributed by atoms with van der Waals surface area (Å²) in [5.41, 5.74) is 2.04. The van der Waals surface area contributed by atoms with E-state index >= 15 is 0 Å². The third kappa shape index (κ3) is 6.37. The Labute approximate surface area is 135 Å². The number of carbonyl (C=O) groups is 3. The molecule has 0 aliphatic carbocycles. The van der Waals surface area contributed by atoms with Gasteiger partial charge in [0.2, 0.25) is 0 Å². The minimum Gasteiger partial charge on any atom is -0.493 e. The van der Waals surface area contributed by atoms with Gasteiger partial charge in [0.1, 0.15) is 5.75 Å². The largest absolute Gasteiger partial charge is 0.493 e. The lowest BCUT2D eigenvalue weighted by Gasteiger charge is -2.13. The molecule has 1 aromatic carbocycles. The second-order valence-corrected chi connectivity index (χ2v) is 5.07. The van der Waals surface area contributed by atoms with Gasteiger partial charge in [-0.15, -0.1) is 0 Å². The summed E-state index contributed by atoms with van der Waals surface area (Å²) in [6.07, 6.45) is -1.05. The molecule has 0 saturated heterocycles. The van der Waals surface area contributed by atoms with Crippen LogP contribution in [0.5, 0.6) is 5.75 Å². The first-order chi connectivity index (χ1) is 10.8. The van der Waals surface area contributed by atoms with Gasteiger partial charge in [-0.25, -0.2) is 4.79 Å². The van der Waals surface area contributed by atoms with Crippen molar-refractivity contribution in [3.05, 3.63) is 29.3 Å². The molecular formula is C16H22N2O5. The molecule has 0 heterocycles. The van der Waals surface area contributed by atoms with Gasteiger partial charge in [0.25, 0.3) is 5.91 Å². The van der Waals surface area contributed by atoms with E-state index in [1.165, 1.54) is 14.0 Å². The van der Waals surface area contributed by atoms with Crippen molar-refractivity contribution < 1.29 is 23.9 Å². The lowest BCUT2D eigenvalue weighted by Crippen LogP contribution is -2.43. The Morgan fingerprint density at radius 3 is 2.57 bits per heavy atom. The summed E-state index contributed by atoms with van der Waals surface area (Å²) in [6, 6.07) is 5.15. The maximum atomic E-state index is 11.7. The topological polar surface area (TPSA) is 93.7 Å². The van der Waals surface area contributed by atoms with Crippen molar-refractivity contribution in [1.29, 1.82) is 0 Å². The highest BCUT2D eigenvalue weighted by Crippen LogP contribution is 2.19. The van der Waals surface area contributed by atoms with Crippen molar-refractivity contribution in [3.63, 3.8) is 0 Å². The monoisotopic (exact) mass is 322 g/mol. The molecule has 23 heavy (non-hydrogen) atoms. The van der Waals surface area contributed by atoms with Crippen LogP contribution in [0.3, 0.4) is 0 Å². The zero-order chi connectivity index (χ0) is 17.4. The number of esters is 1. The molecule has 126 valence electrons. The molecule has 0 unspecified atom stereocenters. The second-order valence-electron chi connectivity index (χ2n) is 5.07. The smallest absolute Gasteiger partial charge is 0.321 e. The minimum absolute atomic E-state index is 0.00494. The first-order valence-corrected chi connectivity index (χ1v) is 7.25. The first-order valence-electron chi connectivity index (χ1n) is 7.25. The molecule has 0 spiro atoms. The minimum atomic E-state index is -1.06. The average Bonchev–Trinajstić information content (AvgIpc) is 2.50. The Bertz CT molecular complexity index is 586. The number of nitrogens with one attached hydrogen (secondary N) is 2. The van der Waals surface area contributed by atoms with Crippen molar-refractivity contribution in [2.24, 2.45) is 0 Å². The standard InChI is InChI=1S/C16H22N2O5/c1-10-5-6-11(2)13(9-10)22-8-7-14(19)23-12(3)15(20)18-16(21)17-4/h5-6,9,12H,7-8H2,1-4H3,(H2,17,18,20,21)/t12-/m1/s1. The van der Waals surface area contributed by atoms with Crippen LogP contribution in [0.25, 0.3) is 0 Å². The Kier molecular flexibility index (Phi) is 7.05. The van der Waals surface area contributed by atoms with Gasteiger partial charge in [-0.3, -0.25) is 14.9 Å². The lowest BCUT2D eigenvalue weighted by atomic mass is 10.1. The van der Waals surface area contributed by atoms with E-state index in [0.717, 1.165) is 11.1 Å². The van der Waals surface area contributed by atoms with E-state index in [1.807, 2.05) is 37.4 Å². The maximum absolute atomic E-state index is 11.7. The Hall–Kier alpha value is -2.57. The zero-order valence-corrected chi connectivity index (χ0v) is 13.8. The number of urea groups is 1. The van der Waals surface area contributed by atoms with E-state index in [2.05, 4.69) is 5.32 Å². The van der Waals surface area contributed by atoms with Crippen LogP contribution in [0.4, 0.5) is 4.79 Å². The van der Waals surface area contributed by atoms with Crippen LogP contribution in [-0.2, 0) is 14.3 Å². The van der Waals surface area contributed by atoms with Gasteiger partial charge in [0.05, 0.1) is 13.0 Å². The summed E-state index contributed by atoms with van der Waals surface area (Å²) in [7, 11) is 1.38. The summed E-state index contributed by atoms with van der Waals surface area (Å²) in [6.45, 7) is 5.40. The van der Waals surface area contributed by atoms with Crippen molar-refractivity contribution in [3.8, 4) is 5.75 Å². The molecule has 0 aromatic heterocycles. The van der Waals surface area contributed by atoms with Crippen molar-refractivity contribution in [1.82, 2.24) is 10.6 Å². The SMILES string of the molecule is CNC(=O)NC(=O)[C@@H](C)OC(=O)CCOc1cc(C)ccc1C. The molecule has 0 saturated carbocycles. The molecule has 1 atom stereocenters. The quantitative estimate of drug-likeness (QED) is 0.773. The fourth-order valence-corrected chi connectivity index (χ4v) is 1.69. The molecule has 0 bridgehead atoms. The predicted molar refractivity (Wildman–Crippen MR) is 84.2 cm³/mol. The van der Waals surface area contributed by atoms with E-state index in [4.69, 9.17) is 9.47 Å². The van der Waals surface area contributed by atoms with Crippen LogP contribution in [0.1, 0.15) is 24.5 Å². The van der Waals surface area contributed by atoms with E-state index in [1.54, 1.807) is 0 Å². The summed E-state index contributed by atoms with van der Waals surface area (Å²) in [4.78, 5) is 34.2. The van der Waals surface area contributed by atoms with Gasteiger partial charge in [0.15, 0.2) is 6.10 Å². The van der Waals surface area contributed by atoms with Gasteiger partial charge in [-0.2, -0.15) is 0 Å². The Morgan fingerprint density at radius 2 is 1.91 bits per heavy atom. The molecule has 0 aliphatic rings. The number of imide groups is 1. The summed E-state index contributed by atoms with van der Waals surface area (Å²) in [5, 5.41) is 4.27. The molecule has 7 nitrogen and oxygen atoms in total. The van der Waals surface area contributed by atoms with Crippen molar-refractivity contribution >= 4 is 17.9 Å². The van der Waals surface area contributed by atoms with Gasteiger partial charge >= 0.3 is 12.0 Å². The number of carbonyl (C=O) groups excluding carboxylic acids is 3. The van der Waals surface area contributed by atoms with Crippen LogP contribution >= 0.6 is 0 Å². The van der Waals surface area contributed by atoms with Crippen molar-refractivity contribution in [2.45, 2.75) is 33.3 Å². The van der Waals surface area contributed by atoms with Crippen LogP contribution in [0.2, 0.25) is 0 Å². The van der Waals surface area contributed by atoms with Crippen LogP contribution < -0.4 is 15.4 Å². The first kappa shape index (κ1) is 18.5. The van der Waals surface area contributed by atoms with Gasteiger partial charge in [0, 0.05) is 7.05 Å². The number of ether oxygens (including phenoxy) is 2. The predicted octanol–water partition coefficient (Wildman–Crippen LogP) is 1.46. The molecule has 2 N–H and O–H groups in total. The molecule has 3 amide bonds. The fourth-order valence-electron chi connectivity index (χ4n) is 1.69. The average molecular weight is 322 g/mol. The van der Waals surface area contributed by atoms with Gasteiger partial charge < -0.3 is 14.8 Å². The number of amides is 3. The highest BCUT2D eigenvalue weighted by Gasteiger charge is 2.19. The van der Waals surface area contributed by atoms with E-state index in [-0.39, 0.29) is 13.0 Å². The zero-order valence-electron chi connectivity index (χ0n) is 13.8. The molecular weight excluding hydrogens is 300 g/mol. The number of rotatable bonds is 6. The van der Waals surface area contributed by atoms with Crippen molar-refractivity contribution in [2.75, 3.05) is 13.7 Å². The fraction of sp³-hybridized carbons (Fsp3) is 0.438. The van der Waals surface area contributed by atoms with E-state index < -0.39 is 24.0 Å². The van der Waals surface area contributed by atoms with Crippen LogP contribution in [0, 0.1) is 13.8 Å². The highest BCUT2D eigenvalue weighted by atomic mass is 16.5. The normalized spacial score (nSPS) is 11.3. The molecule has 0 aliphatic heterocycles. The van der Waals surface area contributed by atoms with Crippen LogP contribution in [0.15, 0.2) is 18.2 Å². The lowest BCUT2D eigenvalue weighted by molar-refractivity contribution is -0.154. The second kappa shape index (κ2) is 8.77. The number of aryl methyl sites for hydroxylation is 2. The third-order valence-electron chi connectivity index (χ3n) is 3.05. The maximum Gasteiger partial charge on any atom is 0.321 e. The van der Waals surface area contributed by atoms with Gasteiger partial charge in [-0.05, 0) is 38.0 Å². The molecule has 1 rings (SSSR count). The molecule has 1 aromatic rings. The Morgan fingerprint density at radius 1 is 1.22 bits per heavy atom. The van der Waals surface area contributed by atoms with E-state index in [9.17, 15) is 14.4 Å². The number of benzene rings is 1. The summed E-state index contributed by atoms with van der Waals surface area (Å²) in [5.74, 6) is -0.550. The molecule has 0 fully saturated rings. The highest BCUT2D eigenvalue weighted by molar-refractivity contribution is 5.96. The Balaban J connectivity index is 2.38. The van der Waals surface area contributed by atoms with E-state index in [0.29, 0.717) is 5.75 Å². The van der Waals surface area contributed by atoms with Gasteiger partial charge in [-0.1, -0.05) is 12.1 Å². The molecule has 7 heteroatoms.